The lowest BCUT2D eigenvalue weighted by Gasteiger charge is -2.20. The third-order valence-corrected chi connectivity index (χ3v) is 5.09. The van der Waals surface area contributed by atoms with Crippen LogP contribution in [0.15, 0.2) is 78.9 Å². The van der Waals surface area contributed by atoms with Crippen LogP contribution in [0.25, 0.3) is 0 Å². The van der Waals surface area contributed by atoms with E-state index in [1.165, 1.54) is 12.1 Å². The van der Waals surface area contributed by atoms with Gasteiger partial charge in [-0.15, -0.1) is 0 Å². The van der Waals surface area contributed by atoms with Gasteiger partial charge in [0.1, 0.15) is 11.5 Å². The zero-order valence-corrected chi connectivity index (χ0v) is 19.7. The van der Waals surface area contributed by atoms with Crippen molar-refractivity contribution in [2.75, 3.05) is 32.2 Å². The number of nitrogens with zero attached hydrogens (tertiary/aromatic N) is 1. The molecule has 2 amide bonds. The highest BCUT2D eigenvalue weighted by atomic mass is 16.5. The standard InChI is InChI=1S/C27H28N2O6/c1-3-29(17-20-8-5-4-6-9-20)26(31)19-35-27(32)21-12-14-23(15-13-21)34-18-25(30)28-22-10-7-11-24(16-22)33-2/h4-16H,3,17-19H2,1-2H3,(H,28,30). The second-order valence-electron chi connectivity index (χ2n) is 7.56. The van der Waals surface area contributed by atoms with Gasteiger partial charge in [0.25, 0.3) is 11.8 Å². The van der Waals surface area contributed by atoms with Gasteiger partial charge in [-0.25, -0.2) is 4.79 Å². The Morgan fingerprint density at radius 3 is 2.29 bits per heavy atom. The minimum Gasteiger partial charge on any atom is -0.497 e. The van der Waals surface area contributed by atoms with Crippen LogP contribution >= 0.6 is 0 Å². The van der Waals surface area contributed by atoms with Crippen LogP contribution in [-0.2, 0) is 20.9 Å². The molecule has 0 fully saturated rings. The first-order chi connectivity index (χ1) is 17.0. The highest BCUT2D eigenvalue weighted by Crippen LogP contribution is 2.17. The fourth-order valence-electron chi connectivity index (χ4n) is 3.22. The van der Waals surface area contributed by atoms with Gasteiger partial charge >= 0.3 is 5.97 Å². The minimum absolute atomic E-state index is 0.205. The Morgan fingerprint density at radius 2 is 1.60 bits per heavy atom. The number of likely N-dealkylation sites (N-methyl/N-ethyl adjacent to an activating group) is 1. The monoisotopic (exact) mass is 476 g/mol. The molecule has 35 heavy (non-hydrogen) atoms. The van der Waals surface area contributed by atoms with E-state index in [4.69, 9.17) is 14.2 Å². The van der Waals surface area contributed by atoms with Gasteiger partial charge in [0, 0.05) is 24.8 Å². The van der Waals surface area contributed by atoms with E-state index in [1.807, 2.05) is 37.3 Å². The molecule has 0 aliphatic rings. The molecule has 0 spiro atoms. The molecule has 0 aliphatic carbocycles. The lowest BCUT2D eigenvalue weighted by molar-refractivity contribution is -0.135. The minimum atomic E-state index is -0.614. The first-order valence-electron chi connectivity index (χ1n) is 11.1. The highest BCUT2D eigenvalue weighted by Gasteiger charge is 2.16. The third kappa shape index (κ3) is 7.89. The molecule has 0 radical (unpaired) electrons. The van der Waals surface area contributed by atoms with E-state index in [0.717, 1.165) is 5.56 Å². The van der Waals surface area contributed by atoms with E-state index >= 15 is 0 Å². The molecular weight excluding hydrogens is 448 g/mol. The molecule has 0 atom stereocenters. The van der Waals surface area contributed by atoms with Crippen LogP contribution in [0.2, 0.25) is 0 Å². The van der Waals surface area contributed by atoms with Gasteiger partial charge in [-0.3, -0.25) is 9.59 Å². The average Bonchev–Trinajstić information content (AvgIpc) is 2.90. The summed E-state index contributed by atoms with van der Waals surface area (Å²) in [6, 6.07) is 22.8. The van der Waals surface area contributed by atoms with Crippen LogP contribution in [-0.4, -0.2) is 49.6 Å². The number of benzene rings is 3. The van der Waals surface area contributed by atoms with E-state index in [9.17, 15) is 14.4 Å². The van der Waals surface area contributed by atoms with Crippen molar-refractivity contribution in [1.29, 1.82) is 0 Å². The summed E-state index contributed by atoms with van der Waals surface area (Å²) in [5.74, 6) is -0.177. The summed E-state index contributed by atoms with van der Waals surface area (Å²) in [6.07, 6.45) is 0. The molecule has 0 saturated carbocycles. The molecule has 1 N–H and O–H groups in total. The predicted octanol–water partition coefficient (Wildman–Crippen LogP) is 3.92. The van der Waals surface area contributed by atoms with Gasteiger partial charge in [0.15, 0.2) is 13.2 Å². The first-order valence-corrected chi connectivity index (χ1v) is 11.1. The Kier molecular flexibility index (Phi) is 9.24. The molecule has 182 valence electrons. The molecule has 0 aliphatic heterocycles. The molecule has 0 saturated heterocycles. The highest BCUT2D eigenvalue weighted by molar-refractivity contribution is 5.92. The quantitative estimate of drug-likeness (QED) is 0.422. The van der Waals surface area contributed by atoms with Crippen LogP contribution in [0.4, 0.5) is 5.69 Å². The zero-order chi connectivity index (χ0) is 25.0. The molecular formula is C27H28N2O6. The van der Waals surface area contributed by atoms with Crippen LogP contribution in [0, 0.1) is 0 Å². The van der Waals surface area contributed by atoms with Crippen molar-refractivity contribution in [1.82, 2.24) is 4.90 Å². The van der Waals surface area contributed by atoms with Gasteiger partial charge in [-0.05, 0) is 48.9 Å². The Labute approximate surface area is 204 Å². The number of anilines is 1. The number of carbonyl (C=O) groups excluding carboxylic acids is 3. The van der Waals surface area contributed by atoms with E-state index < -0.39 is 5.97 Å². The number of carbonyl (C=O) groups is 3. The summed E-state index contributed by atoms with van der Waals surface area (Å²) in [5, 5.41) is 2.72. The number of nitrogens with one attached hydrogen (secondary N) is 1. The smallest absolute Gasteiger partial charge is 0.338 e. The summed E-state index contributed by atoms with van der Waals surface area (Å²) < 4.78 is 15.8. The molecule has 0 unspecified atom stereocenters. The summed E-state index contributed by atoms with van der Waals surface area (Å²) in [4.78, 5) is 38.6. The number of hydrogen-bond donors (Lipinski definition) is 1. The molecule has 3 rings (SSSR count). The van der Waals surface area contributed by atoms with Crippen LogP contribution in [0.1, 0.15) is 22.8 Å². The third-order valence-electron chi connectivity index (χ3n) is 5.09. The molecule has 0 aromatic heterocycles. The maximum Gasteiger partial charge on any atom is 0.338 e. The van der Waals surface area contributed by atoms with Crippen LogP contribution in [0.5, 0.6) is 11.5 Å². The number of methoxy groups -OCH3 is 1. The summed E-state index contributed by atoms with van der Waals surface area (Å²) in [5.41, 5.74) is 1.87. The fourth-order valence-corrected chi connectivity index (χ4v) is 3.22. The lowest BCUT2D eigenvalue weighted by atomic mass is 10.2. The van der Waals surface area contributed by atoms with Crippen molar-refractivity contribution in [3.8, 4) is 11.5 Å². The maximum absolute atomic E-state index is 12.5. The van der Waals surface area contributed by atoms with E-state index in [0.29, 0.717) is 30.3 Å². The Hall–Kier alpha value is -4.33. The van der Waals surface area contributed by atoms with Crippen molar-refractivity contribution in [2.24, 2.45) is 0 Å². The SMILES string of the molecule is CCN(Cc1ccccc1)C(=O)COC(=O)c1ccc(OCC(=O)Nc2cccc(OC)c2)cc1. The first kappa shape index (κ1) is 25.3. The van der Waals surface area contributed by atoms with Gasteiger partial charge in [-0.1, -0.05) is 36.4 Å². The molecule has 3 aromatic rings. The second kappa shape index (κ2) is 12.8. The fraction of sp³-hybridized carbons (Fsp3) is 0.222. The van der Waals surface area contributed by atoms with Crippen LogP contribution < -0.4 is 14.8 Å². The number of rotatable bonds is 11. The Balaban J connectivity index is 1.44. The van der Waals surface area contributed by atoms with Crippen molar-refractivity contribution in [2.45, 2.75) is 13.5 Å². The Morgan fingerprint density at radius 1 is 0.857 bits per heavy atom. The predicted molar refractivity (Wildman–Crippen MR) is 131 cm³/mol. The summed E-state index contributed by atoms with van der Waals surface area (Å²) >= 11 is 0. The van der Waals surface area contributed by atoms with Gasteiger partial charge in [-0.2, -0.15) is 0 Å². The summed E-state index contributed by atoms with van der Waals surface area (Å²) in [7, 11) is 1.55. The van der Waals surface area contributed by atoms with Crippen molar-refractivity contribution in [3.05, 3.63) is 90.0 Å². The molecule has 0 bridgehead atoms. The lowest BCUT2D eigenvalue weighted by Crippen LogP contribution is -2.34. The summed E-state index contributed by atoms with van der Waals surface area (Å²) in [6.45, 7) is 2.28. The topological polar surface area (TPSA) is 94.2 Å². The molecule has 8 nitrogen and oxygen atoms in total. The van der Waals surface area contributed by atoms with E-state index in [-0.39, 0.29) is 30.6 Å². The van der Waals surface area contributed by atoms with Gasteiger partial charge < -0.3 is 24.4 Å². The molecule has 8 heteroatoms. The van der Waals surface area contributed by atoms with Gasteiger partial charge in [0.2, 0.25) is 0 Å². The number of amides is 2. The van der Waals surface area contributed by atoms with Gasteiger partial charge in [0.05, 0.1) is 12.7 Å². The normalized spacial score (nSPS) is 10.2. The second-order valence-corrected chi connectivity index (χ2v) is 7.56. The maximum atomic E-state index is 12.5. The van der Waals surface area contributed by atoms with E-state index in [2.05, 4.69) is 5.32 Å². The molecule has 3 aromatic carbocycles. The largest absolute Gasteiger partial charge is 0.497 e. The number of esters is 1. The van der Waals surface area contributed by atoms with Crippen LogP contribution in [0.3, 0.4) is 0 Å². The van der Waals surface area contributed by atoms with Crippen molar-refractivity contribution < 1.29 is 28.6 Å². The number of hydrogen-bond acceptors (Lipinski definition) is 6. The van der Waals surface area contributed by atoms with Crippen molar-refractivity contribution >= 4 is 23.5 Å². The zero-order valence-electron chi connectivity index (χ0n) is 19.7. The Bertz CT molecular complexity index is 1130. The average molecular weight is 477 g/mol. The molecule has 0 heterocycles. The van der Waals surface area contributed by atoms with Crippen molar-refractivity contribution in [3.63, 3.8) is 0 Å². The number of ether oxygens (including phenoxy) is 3. The van der Waals surface area contributed by atoms with E-state index in [1.54, 1.807) is 48.4 Å².